The maximum absolute atomic E-state index is 12.8. The zero-order chi connectivity index (χ0) is 15.4. The summed E-state index contributed by atoms with van der Waals surface area (Å²) in [4.78, 5) is 14.6. The molecule has 1 fully saturated rings. The van der Waals surface area contributed by atoms with E-state index in [9.17, 15) is 4.79 Å². The maximum Gasteiger partial charge on any atom is 0.255 e. The summed E-state index contributed by atoms with van der Waals surface area (Å²) in [5, 5.41) is 4.44. The molecule has 0 bridgehead atoms. The van der Waals surface area contributed by atoms with Gasteiger partial charge in [-0.15, -0.1) is 0 Å². The van der Waals surface area contributed by atoms with Crippen molar-refractivity contribution in [3.05, 3.63) is 33.8 Å². The van der Waals surface area contributed by atoms with E-state index < -0.39 is 0 Å². The summed E-state index contributed by atoms with van der Waals surface area (Å²) in [6, 6.07) is 5.53. The van der Waals surface area contributed by atoms with Crippen molar-refractivity contribution in [2.75, 3.05) is 13.1 Å². The summed E-state index contributed by atoms with van der Waals surface area (Å²) >= 11 is 12.1. The van der Waals surface area contributed by atoms with Gasteiger partial charge in [0.15, 0.2) is 0 Å². The Morgan fingerprint density at radius 1 is 1.38 bits per heavy atom. The van der Waals surface area contributed by atoms with E-state index in [2.05, 4.69) is 5.32 Å². The molecule has 0 spiro atoms. The lowest BCUT2D eigenvalue weighted by molar-refractivity contribution is 0.0677. The Kier molecular flexibility index (Phi) is 5.91. The molecule has 0 radical (unpaired) electrons. The van der Waals surface area contributed by atoms with E-state index in [0.29, 0.717) is 21.7 Å². The van der Waals surface area contributed by atoms with Gasteiger partial charge in [0.25, 0.3) is 5.91 Å². The van der Waals surface area contributed by atoms with Gasteiger partial charge in [0.1, 0.15) is 0 Å². The van der Waals surface area contributed by atoms with Crippen molar-refractivity contribution < 1.29 is 4.79 Å². The molecule has 1 aromatic carbocycles. The lowest BCUT2D eigenvalue weighted by atomic mass is 10.0. The fourth-order valence-corrected chi connectivity index (χ4v) is 3.15. The third kappa shape index (κ3) is 4.35. The number of halogens is 2. The van der Waals surface area contributed by atoms with E-state index in [0.717, 1.165) is 19.5 Å². The molecule has 0 saturated carbocycles. The topological polar surface area (TPSA) is 32.3 Å². The predicted molar refractivity (Wildman–Crippen MR) is 88.3 cm³/mol. The minimum Gasteiger partial charge on any atom is -0.335 e. The number of benzene rings is 1. The summed E-state index contributed by atoms with van der Waals surface area (Å²) in [6.45, 7) is 5.82. The van der Waals surface area contributed by atoms with Gasteiger partial charge in [-0.25, -0.2) is 0 Å². The summed E-state index contributed by atoms with van der Waals surface area (Å²) in [6.07, 6.45) is 3.56. The monoisotopic (exact) mass is 328 g/mol. The van der Waals surface area contributed by atoms with Gasteiger partial charge in [-0.1, -0.05) is 29.6 Å². The van der Waals surface area contributed by atoms with Crippen LogP contribution in [0.25, 0.3) is 0 Å². The number of nitrogens with one attached hydrogen (secondary N) is 1. The van der Waals surface area contributed by atoms with Gasteiger partial charge < -0.3 is 10.2 Å². The van der Waals surface area contributed by atoms with Gasteiger partial charge >= 0.3 is 0 Å². The predicted octanol–water partition coefficient (Wildman–Crippen LogP) is 3.99. The third-order valence-electron chi connectivity index (χ3n) is 3.88. The van der Waals surface area contributed by atoms with Crippen LogP contribution in [0.1, 0.15) is 43.5 Å². The Hall–Kier alpha value is -0.770. The third-order valence-corrected chi connectivity index (χ3v) is 4.42. The minimum absolute atomic E-state index is 0.0287. The van der Waals surface area contributed by atoms with Crippen LogP contribution in [-0.4, -0.2) is 36.0 Å². The van der Waals surface area contributed by atoms with Crippen LogP contribution in [0.3, 0.4) is 0 Å². The van der Waals surface area contributed by atoms with Gasteiger partial charge in [-0.05, 0) is 51.4 Å². The highest BCUT2D eigenvalue weighted by molar-refractivity contribution is 6.36. The first-order chi connectivity index (χ1) is 9.99. The molecule has 1 saturated heterocycles. The summed E-state index contributed by atoms with van der Waals surface area (Å²) in [7, 11) is 0. The van der Waals surface area contributed by atoms with Crippen LogP contribution >= 0.6 is 23.2 Å². The molecule has 1 amide bonds. The minimum atomic E-state index is -0.0287. The number of rotatable bonds is 4. The molecular formula is C16H22Cl2N2O. The van der Waals surface area contributed by atoms with Crippen molar-refractivity contribution in [2.45, 2.75) is 45.2 Å². The molecule has 1 aliphatic heterocycles. The molecule has 1 aliphatic rings. The van der Waals surface area contributed by atoms with Crippen molar-refractivity contribution >= 4 is 29.1 Å². The number of carbonyl (C=O) groups is 1. The average molecular weight is 329 g/mol. The van der Waals surface area contributed by atoms with Crippen LogP contribution in [0.15, 0.2) is 18.2 Å². The van der Waals surface area contributed by atoms with Crippen molar-refractivity contribution in [1.82, 2.24) is 10.2 Å². The summed E-state index contributed by atoms with van der Waals surface area (Å²) in [5.41, 5.74) is 0.519. The highest BCUT2D eigenvalue weighted by Crippen LogP contribution is 2.23. The molecule has 1 aromatic rings. The van der Waals surface area contributed by atoms with Crippen molar-refractivity contribution in [2.24, 2.45) is 0 Å². The van der Waals surface area contributed by atoms with Gasteiger partial charge in [-0.3, -0.25) is 4.79 Å². The summed E-state index contributed by atoms with van der Waals surface area (Å²) < 4.78 is 0. The zero-order valence-electron chi connectivity index (χ0n) is 12.5. The first kappa shape index (κ1) is 16.6. The molecule has 1 heterocycles. The van der Waals surface area contributed by atoms with Crippen LogP contribution in [0.5, 0.6) is 0 Å². The Morgan fingerprint density at radius 2 is 2.14 bits per heavy atom. The van der Waals surface area contributed by atoms with Gasteiger partial charge in [0.05, 0.1) is 10.6 Å². The van der Waals surface area contributed by atoms with E-state index in [-0.39, 0.29) is 11.9 Å². The van der Waals surface area contributed by atoms with E-state index in [1.165, 1.54) is 12.8 Å². The molecule has 0 aromatic heterocycles. The van der Waals surface area contributed by atoms with E-state index in [4.69, 9.17) is 23.2 Å². The van der Waals surface area contributed by atoms with E-state index >= 15 is 0 Å². The largest absolute Gasteiger partial charge is 0.335 e. The Balaban J connectivity index is 2.14. The van der Waals surface area contributed by atoms with Crippen LogP contribution < -0.4 is 5.32 Å². The number of hydrogen-bond acceptors (Lipinski definition) is 2. The number of piperidine rings is 1. The fraction of sp³-hybridized carbons (Fsp3) is 0.562. The Bertz CT molecular complexity index is 499. The molecule has 1 unspecified atom stereocenters. The second-order valence-corrected chi connectivity index (χ2v) is 6.67. The molecule has 0 aliphatic carbocycles. The van der Waals surface area contributed by atoms with E-state index in [1.54, 1.807) is 18.2 Å². The fourth-order valence-electron chi connectivity index (χ4n) is 2.66. The quantitative estimate of drug-likeness (QED) is 0.906. The first-order valence-corrected chi connectivity index (χ1v) is 8.24. The molecular weight excluding hydrogens is 307 g/mol. The molecule has 21 heavy (non-hydrogen) atoms. The normalized spacial score (nSPS) is 18.8. The highest BCUT2D eigenvalue weighted by atomic mass is 35.5. The molecule has 116 valence electrons. The second-order valence-electron chi connectivity index (χ2n) is 5.82. The Morgan fingerprint density at radius 3 is 2.71 bits per heavy atom. The number of carbonyl (C=O) groups excluding carboxylic acids is 1. The van der Waals surface area contributed by atoms with E-state index in [1.807, 2.05) is 18.7 Å². The van der Waals surface area contributed by atoms with Crippen LogP contribution in [0, 0.1) is 0 Å². The molecule has 2 rings (SSSR count). The molecule has 5 heteroatoms. The highest BCUT2D eigenvalue weighted by Gasteiger charge is 2.25. The van der Waals surface area contributed by atoms with Crippen molar-refractivity contribution in [3.63, 3.8) is 0 Å². The van der Waals surface area contributed by atoms with Gasteiger partial charge in [0.2, 0.25) is 0 Å². The Labute approximate surface area is 136 Å². The standard InChI is InChI=1S/C16H22Cl2N2O/c1-11(2)20(10-13-5-3-4-8-19-13)16(21)14-7-6-12(17)9-15(14)18/h6-7,9,11,13,19H,3-5,8,10H2,1-2H3. The second kappa shape index (κ2) is 7.48. The summed E-state index contributed by atoms with van der Waals surface area (Å²) in [5.74, 6) is -0.0287. The van der Waals surface area contributed by atoms with Crippen molar-refractivity contribution in [3.8, 4) is 0 Å². The van der Waals surface area contributed by atoms with Crippen LogP contribution in [-0.2, 0) is 0 Å². The zero-order valence-corrected chi connectivity index (χ0v) is 14.0. The number of hydrogen-bond donors (Lipinski definition) is 1. The lowest BCUT2D eigenvalue weighted by Gasteiger charge is -2.33. The van der Waals surface area contributed by atoms with Gasteiger partial charge in [-0.2, -0.15) is 0 Å². The van der Waals surface area contributed by atoms with Gasteiger partial charge in [0, 0.05) is 23.7 Å². The average Bonchev–Trinajstić information content (AvgIpc) is 2.45. The smallest absolute Gasteiger partial charge is 0.255 e. The first-order valence-electron chi connectivity index (χ1n) is 7.48. The van der Waals surface area contributed by atoms with Crippen molar-refractivity contribution in [1.29, 1.82) is 0 Å². The molecule has 1 N–H and O–H groups in total. The molecule has 3 nitrogen and oxygen atoms in total. The van der Waals surface area contributed by atoms with Crippen LogP contribution in [0.2, 0.25) is 10.0 Å². The lowest BCUT2D eigenvalue weighted by Crippen LogP contribution is -2.48. The van der Waals surface area contributed by atoms with Crippen LogP contribution in [0.4, 0.5) is 0 Å². The molecule has 1 atom stereocenters. The maximum atomic E-state index is 12.8. The number of nitrogens with zero attached hydrogens (tertiary/aromatic N) is 1. The number of amides is 1. The SMILES string of the molecule is CC(C)N(CC1CCCCN1)C(=O)c1ccc(Cl)cc1Cl.